The molecule has 0 fully saturated rings. The van der Waals surface area contributed by atoms with Crippen LogP contribution in [0.1, 0.15) is 17.3 Å². The molecule has 0 heterocycles. The number of urea groups is 1. The maximum Gasteiger partial charge on any atom is 0.340 e. The molecule has 108 valence electrons. The Kier molecular flexibility index (Phi) is 5.45. The van der Waals surface area contributed by atoms with E-state index in [9.17, 15) is 18.8 Å². The fourth-order valence-electron chi connectivity index (χ4n) is 1.38. The Balaban J connectivity index is 2.69. The van der Waals surface area contributed by atoms with Gasteiger partial charge in [-0.25, -0.2) is 14.0 Å². The van der Waals surface area contributed by atoms with E-state index in [1.165, 1.54) is 12.1 Å². The third kappa shape index (κ3) is 4.23. The molecule has 0 saturated heterocycles. The van der Waals surface area contributed by atoms with Gasteiger partial charge in [0.2, 0.25) is 0 Å². The van der Waals surface area contributed by atoms with Crippen molar-refractivity contribution in [2.75, 3.05) is 18.5 Å². The average molecular weight is 284 g/mol. The number of rotatable bonds is 5. The summed E-state index contributed by atoms with van der Waals surface area (Å²) < 4.78 is 17.9. The van der Waals surface area contributed by atoms with Crippen LogP contribution in [0.15, 0.2) is 18.2 Å². The van der Waals surface area contributed by atoms with Crippen LogP contribution < -0.4 is 10.6 Å². The molecule has 20 heavy (non-hydrogen) atoms. The number of halogens is 1. The number of carbonyl (C=O) groups excluding carboxylic acids is 2. The number of hydrogen-bond donors (Lipinski definition) is 3. The van der Waals surface area contributed by atoms with Gasteiger partial charge in [0.1, 0.15) is 17.9 Å². The van der Waals surface area contributed by atoms with Crippen LogP contribution in [-0.2, 0) is 9.53 Å². The number of aromatic carboxylic acids is 1. The van der Waals surface area contributed by atoms with E-state index in [1.807, 2.05) is 0 Å². The van der Waals surface area contributed by atoms with Gasteiger partial charge in [0.05, 0.1) is 12.3 Å². The van der Waals surface area contributed by atoms with E-state index in [2.05, 4.69) is 15.4 Å². The number of ether oxygens (including phenoxy) is 1. The van der Waals surface area contributed by atoms with Gasteiger partial charge in [0.15, 0.2) is 0 Å². The highest BCUT2D eigenvalue weighted by Gasteiger charge is 2.17. The normalized spacial score (nSPS) is 9.70. The number of amides is 2. The van der Waals surface area contributed by atoms with Crippen LogP contribution in [0, 0.1) is 5.82 Å². The third-order valence-corrected chi connectivity index (χ3v) is 2.17. The van der Waals surface area contributed by atoms with Crippen molar-refractivity contribution >= 4 is 23.7 Å². The fraction of sp³-hybridized carbons (Fsp3) is 0.250. The Morgan fingerprint density at radius 2 is 2.05 bits per heavy atom. The maximum atomic E-state index is 13.3. The van der Waals surface area contributed by atoms with Crippen molar-refractivity contribution in [1.82, 2.24) is 5.32 Å². The van der Waals surface area contributed by atoms with Gasteiger partial charge < -0.3 is 20.5 Å². The second-order valence-electron chi connectivity index (χ2n) is 3.58. The average Bonchev–Trinajstić information content (AvgIpc) is 2.36. The summed E-state index contributed by atoms with van der Waals surface area (Å²) in [5.41, 5.74) is -0.863. The van der Waals surface area contributed by atoms with Crippen molar-refractivity contribution in [3.8, 4) is 0 Å². The minimum atomic E-state index is -1.51. The van der Waals surface area contributed by atoms with E-state index >= 15 is 0 Å². The number of hydrogen-bond acceptors (Lipinski definition) is 4. The highest BCUT2D eigenvalue weighted by atomic mass is 19.1. The van der Waals surface area contributed by atoms with Crippen LogP contribution in [0.2, 0.25) is 0 Å². The summed E-state index contributed by atoms with van der Waals surface area (Å²) in [5.74, 6) is -3.12. The maximum absolute atomic E-state index is 13.3. The van der Waals surface area contributed by atoms with Crippen molar-refractivity contribution in [3.63, 3.8) is 0 Å². The Bertz CT molecular complexity index is 533. The highest BCUT2D eigenvalue weighted by molar-refractivity contribution is 6.00. The minimum absolute atomic E-state index is 0.176. The van der Waals surface area contributed by atoms with Crippen molar-refractivity contribution in [2.24, 2.45) is 0 Å². The van der Waals surface area contributed by atoms with Crippen molar-refractivity contribution in [2.45, 2.75) is 6.92 Å². The Hall–Kier alpha value is -2.64. The quantitative estimate of drug-likeness (QED) is 0.705. The number of carbonyl (C=O) groups is 3. The summed E-state index contributed by atoms with van der Waals surface area (Å²) in [4.78, 5) is 33.4. The molecule has 0 spiro atoms. The molecule has 0 saturated carbocycles. The summed E-state index contributed by atoms with van der Waals surface area (Å²) in [5, 5.41) is 13.2. The van der Waals surface area contributed by atoms with Crippen LogP contribution in [-0.4, -0.2) is 36.2 Å². The molecule has 0 unspecified atom stereocenters. The number of esters is 1. The lowest BCUT2D eigenvalue weighted by atomic mass is 10.1. The first-order valence-electron chi connectivity index (χ1n) is 5.68. The van der Waals surface area contributed by atoms with Crippen LogP contribution in [0.4, 0.5) is 14.9 Å². The number of carboxylic acids is 1. The summed E-state index contributed by atoms with van der Waals surface area (Å²) in [6.45, 7) is 1.41. The predicted molar refractivity (Wildman–Crippen MR) is 67.0 cm³/mol. The van der Waals surface area contributed by atoms with E-state index in [-0.39, 0.29) is 18.8 Å². The molecule has 0 aliphatic rings. The van der Waals surface area contributed by atoms with Crippen LogP contribution in [0.5, 0.6) is 0 Å². The second-order valence-corrected chi connectivity index (χ2v) is 3.58. The summed E-state index contributed by atoms with van der Waals surface area (Å²) in [6.07, 6.45) is 0. The first kappa shape index (κ1) is 15.4. The lowest BCUT2D eigenvalue weighted by Crippen LogP contribution is -2.34. The molecule has 0 bridgehead atoms. The smallest absolute Gasteiger partial charge is 0.340 e. The molecule has 2 amide bonds. The van der Waals surface area contributed by atoms with E-state index in [0.717, 1.165) is 6.07 Å². The third-order valence-electron chi connectivity index (χ3n) is 2.17. The van der Waals surface area contributed by atoms with Gasteiger partial charge in [-0.1, -0.05) is 6.07 Å². The largest absolute Gasteiger partial charge is 0.478 e. The fourth-order valence-corrected chi connectivity index (χ4v) is 1.38. The van der Waals surface area contributed by atoms with Gasteiger partial charge >= 0.3 is 18.0 Å². The molecular formula is C12H13FN2O5. The van der Waals surface area contributed by atoms with Crippen molar-refractivity contribution < 1.29 is 28.6 Å². The zero-order valence-corrected chi connectivity index (χ0v) is 10.6. The highest BCUT2D eigenvalue weighted by Crippen LogP contribution is 2.18. The SMILES string of the molecule is CCOC(=O)CNC(=O)Nc1cccc(F)c1C(=O)O. The Labute approximate surface area is 113 Å². The van der Waals surface area contributed by atoms with Gasteiger partial charge in [0, 0.05) is 0 Å². The monoisotopic (exact) mass is 284 g/mol. The van der Waals surface area contributed by atoms with Gasteiger partial charge in [-0.3, -0.25) is 4.79 Å². The molecule has 0 aliphatic carbocycles. The molecule has 8 heteroatoms. The van der Waals surface area contributed by atoms with Gasteiger partial charge in [-0.05, 0) is 19.1 Å². The second kappa shape index (κ2) is 7.07. The van der Waals surface area contributed by atoms with Crippen LogP contribution >= 0.6 is 0 Å². The van der Waals surface area contributed by atoms with Gasteiger partial charge in [0.25, 0.3) is 0 Å². The molecule has 3 N–H and O–H groups in total. The zero-order valence-electron chi connectivity index (χ0n) is 10.6. The molecule has 1 rings (SSSR count). The minimum Gasteiger partial charge on any atom is -0.478 e. The van der Waals surface area contributed by atoms with Crippen LogP contribution in [0.3, 0.4) is 0 Å². The standard InChI is InChI=1S/C12H13FN2O5/c1-2-20-9(16)6-14-12(19)15-8-5-3-4-7(13)10(8)11(17)18/h3-5H,2,6H2,1H3,(H,17,18)(H2,14,15,19). The zero-order chi connectivity index (χ0) is 15.1. The molecule has 7 nitrogen and oxygen atoms in total. The number of carboxylic acid groups (broad SMARTS) is 1. The number of nitrogens with one attached hydrogen (secondary N) is 2. The summed E-state index contributed by atoms with van der Waals surface area (Å²) >= 11 is 0. The number of benzene rings is 1. The summed E-state index contributed by atoms with van der Waals surface area (Å²) in [7, 11) is 0. The molecule has 0 radical (unpaired) electrons. The summed E-state index contributed by atoms with van der Waals surface area (Å²) in [6, 6.07) is 2.61. The van der Waals surface area contributed by atoms with E-state index in [4.69, 9.17) is 5.11 Å². The van der Waals surface area contributed by atoms with Crippen LogP contribution in [0.25, 0.3) is 0 Å². The number of anilines is 1. The van der Waals surface area contributed by atoms with E-state index < -0.39 is 29.4 Å². The van der Waals surface area contributed by atoms with E-state index in [0.29, 0.717) is 0 Å². The van der Waals surface area contributed by atoms with Crippen molar-refractivity contribution in [3.05, 3.63) is 29.6 Å². The molecule has 0 atom stereocenters. The Morgan fingerprint density at radius 3 is 2.65 bits per heavy atom. The topological polar surface area (TPSA) is 105 Å². The molecule has 1 aromatic rings. The van der Waals surface area contributed by atoms with Gasteiger partial charge in [-0.15, -0.1) is 0 Å². The first-order chi connectivity index (χ1) is 9.45. The lowest BCUT2D eigenvalue weighted by Gasteiger charge is -2.10. The molecular weight excluding hydrogens is 271 g/mol. The lowest BCUT2D eigenvalue weighted by molar-refractivity contribution is -0.141. The van der Waals surface area contributed by atoms with E-state index in [1.54, 1.807) is 6.92 Å². The first-order valence-corrected chi connectivity index (χ1v) is 5.68. The molecule has 0 aliphatic heterocycles. The molecule has 0 aromatic heterocycles. The van der Waals surface area contributed by atoms with Gasteiger partial charge in [-0.2, -0.15) is 0 Å². The Morgan fingerprint density at radius 1 is 1.35 bits per heavy atom. The van der Waals surface area contributed by atoms with Crippen molar-refractivity contribution in [1.29, 1.82) is 0 Å². The molecule has 1 aromatic carbocycles. The predicted octanol–water partition coefficient (Wildman–Crippen LogP) is 1.21.